The van der Waals surface area contributed by atoms with E-state index in [1.807, 2.05) is 49.1 Å². The van der Waals surface area contributed by atoms with Crippen LogP contribution in [0.3, 0.4) is 0 Å². The molecule has 0 atom stereocenters. The molecule has 2 aromatic heterocycles. The Labute approximate surface area is 158 Å². The Kier molecular flexibility index (Phi) is 8.31. The Bertz CT molecular complexity index is 620. The van der Waals surface area contributed by atoms with Crippen LogP contribution in [0.2, 0.25) is 0 Å². The van der Waals surface area contributed by atoms with Gasteiger partial charge < -0.3 is 15.5 Å². The lowest BCUT2D eigenvalue weighted by Crippen LogP contribution is -2.37. The van der Waals surface area contributed by atoms with E-state index in [0.29, 0.717) is 13.1 Å². The van der Waals surface area contributed by atoms with E-state index in [1.54, 1.807) is 17.5 Å². The van der Waals surface area contributed by atoms with Crippen LogP contribution in [0, 0.1) is 0 Å². The van der Waals surface area contributed by atoms with Gasteiger partial charge in [-0.05, 0) is 13.0 Å². The number of aliphatic imine (C=N–C) groups is 1. The normalized spacial score (nSPS) is 11.0. The first kappa shape index (κ1) is 19.7. The third-order valence-electron chi connectivity index (χ3n) is 3.02. The number of halogens is 1. The molecule has 0 aromatic carbocycles. The van der Waals surface area contributed by atoms with Gasteiger partial charge in [0.05, 0.1) is 24.5 Å². The van der Waals surface area contributed by atoms with Crippen molar-refractivity contribution in [1.82, 2.24) is 25.4 Å². The average Bonchev–Trinajstić information content (AvgIpc) is 3.11. The summed E-state index contributed by atoms with van der Waals surface area (Å²) in [6.07, 6.45) is 1.79. The fraction of sp³-hybridized carbons (Fsp3) is 0.500. The molecule has 0 aliphatic carbocycles. The van der Waals surface area contributed by atoms with Crippen molar-refractivity contribution in [1.29, 1.82) is 0 Å². The smallest absolute Gasteiger partial charge is 0.191 e. The highest BCUT2D eigenvalue weighted by Crippen LogP contribution is 2.18. The summed E-state index contributed by atoms with van der Waals surface area (Å²) in [4.78, 5) is 11.1. The summed E-state index contributed by atoms with van der Waals surface area (Å²) in [7, 11) is 5.91. The number of nitrogens with one attached hydrogen (secondary N) is 2. The van der Waals surface area contributed by atoms with Gasteiger partial charge in [-0.25, -0.2) is 9.98 Å². The lowest BCUT2D eigenvalue weighted by Gasteiger charge is -2.11. The number of aryl methyl sites for hydroxylation is 1. The van der Waals surface area contributed by atoms with Gasteiger partial charge in [0.1, 0.15) is 0 Å². The first-order valence-corrected chi connectivity index (χ1v) is 8.09. The molecule has 7 nitrogen and oxygen atoms in total. The predicted molar refractivity (Wildman–Crippen MR) is 107 cm³/mol. The highest BCUT2D eigenvalue weighted by atomic mass is 127. The van der Waals surface area contributed by atoms with E-state index in [-0.39, 0.29) is 24.0 Å². The summed E-state index contributed by atoms with van der Waals surface area (Å²) in [5.74, 6) is 0.781. The second-order valence-electron chi connectivity index (χ2n) is 5.01. The summed E-state index contributed by atoms with van der Waals surface area (Å²) in [6.45, 7) is 4.11. The van der Waals surface area contributed by atoms with Crippen LogP contribution in [0.15, 0.2) is 22.6 Å². The molecule has 0 radical (unpaired) electrons. The molecule has 0 saturated carbocycles. The molecule has 2 N–H and O–H groups in total. The SMILES string of the molecule is CCNC(=NCc1csc(N(C)C)n1)NCc1ccnn1C.I. The second-order valence-corrected chi connectivity index (χ2v) is 5.85. The van der Waals surface area contributed by atoms with E-state index in [9.17, 15) is 0 Å². The molecule has 0 fully saturated rings. The summed E-state index contributed by atoms with van der Waals surface area (Å²) in [6, 6.07) is 1.99. The van der Waals surface area contributed by atoms with Crippen LogP contribution in [0.1, 0.15) is 18.3 Å². The molecule has 0 saturated heterocycles. The number of hydrogen-bond acceptors (Lipinski definition) is 5. The van der Waals surface area contributed by atoms with Crippen LogP contribution in [0.5, 0.6) is 0 Å². The molecule has 0 unspecified atom stereocenters. The van der Waals surface area contributed by atoms with Crippen LogP contribution in [0.4, 0.5) is 5.13 Å². The molecule has 0 bridgehead atoms. The van der Waals surface area contributed by atoms with Crippen molar-refractivity contribution < 1.29 is 0 Å². The molecule has 2 aromatic rings. The Hall–Kier alpha value is -1.36. The topological polar surface area (TPSA) is 70.4 Å². The molecule has 0 spiro atoms. The van der Waals surface area contributed by atoms with Crippen molar-refractivity contribution in [3.8, 4) is 0 Å². The van der Waals surface area contributed by atoms with Gasteiger partial charge in [-0.1, -0.05) is 0 Å². The van der Waals surface area contributed by atoms with Crippen molar-refractivity contribution in [2.24, 2.45) is 12.0 Å². The van der Waals surface area contributed by atoms with Crippen molar-refractivity contribution in [3.63, 3.8) is 0 Å². The van der Waals surface area contributed by atoms with Crippen LogP contribution in [-0.2, 0) is 20.1 Å². The van der Waals surface area contributed by atoms with Gasteiger partial charge >= 0.3 is 0 Å². The minimum atomic E-state index is 0. The molecule has 9 heteroatoms. The van der Waals surface area contributed by atoms with Crippen molar-refractivity contribution in [2.45, 2.75) is 20.0 Å². The summed E-state index contributed by atoms with van der Waals surface area (Å²) in [5, 5.41) is 13.7. The van der Waals surface area contributed by atoms with Gasteiger partial charge in [0.25, 0.3) is 0 Å². The van der Waals surface area contributed by atoms with Crippen LogP contribution in [-0.4, -0.2) is 41.4 Å². The zero-order chi connectivity index (χ0) is 15.9. The Balaban J connectivity index is 0.00000264. The second kappa shape index (κ2) is 9.71. The molecular weight excluding hydrogens is 425 g/mol. The number of anilines is 1. The van der Waals surface area contributed by atoms with Gasteiger partial charge in [-0.15, -0.1) is 35.3 Å². The van der Waals surface area contributed by atoms with Gasteiger partial charge in [0.2, 0.25) is 0 Å². The average molecular weight is 449 g/mol. The van der Waals surface area contributed by atoms with Gasteiger partial charge in [-0.3, -0.25) is 4.68 Å². The molecule has 0 aliphatic heterocycles. The molecular formula is C14H24IN7S. The molecule has 2 rings (SSSR count). The largest absolute Gasteiger partial charge is 0.357 e. The zero-order valence-electron chi connectivity index (χ0n) is 13.9. The first-order valence-electron chi connectivity index (χ1n) is 7.21. The lowest BCUT2D eigenvalue weighted by molar-refractivity contribution is 0.684. The number of hydrogen-bond donors (Lipinski definition) is 2. The Morgan fingerprint density at radius 2 is 2.17 bits per heavy atom. The third-order valence-corrected chi connectivity index (χ3v) is 4.08. The van der Waals surface area contributed by atoms with E-state index in [0.717, 1.165) is 29.0 Å². The first-order chi connectivity index (χ1) is 10.6. The summed E-state index contributed by atoms with van der Waals surface area (Å²) in [5.41, 5.74) is 2.08. The summed E-state index contributed by atoms with van der Waals surface area (Å²) >= 11 is 1.63. The van der Waals surface area contributed by atoms with Crippen LogP contribution >= 0.6 is 35.3 Å². The fourth-order valence-electron chi connectivity index (χ4n) is 1.83. The van der Waals surface area contributed by atoms with E-state index >= 15 is 0 Å². The number of thiazole rings is 1. The van der Waals surface area contributed by atoms with E-state index in [2.05, 4.69) is 25.7 Å². The molecule has 2 heterocycles. The van der Waals surface area contributed by atoms with Crippen LogP contribution in [0.25, 0.3) is 0 Å². The van der Waals surface area contributed by atoms with Gasteiger partial charge in [-0.2, -0.15) is 5.10 Å². The van der Waals surface area contributed by atoms with Crippen molar-refractivity contribution >= 4 is 46.4 Å². The number of guanidine groups is 1. The molecule has 23 heavy (non-hydrogen) atoms. The standard InChI is InChI=1S/C14H23N7S.HI/c1-5-15-13(17-9-12-6-7-18-21(12)4)16-8-11-10-22-14(19-11)20(2)3;/h6-7,10H,5,8-9H2,1-4H3,(H2,15,16,17);1H. The third kappa shape index (κ3) is 5.98. The monoisotopic (exact) mass is 449 g/mol. The molecule has 128 valence electrons. The predicted octanol–water partition coefficient (Wildman–Crippen LogP) is 1.82. The number of aromatic nitrogens is 3. The van der Waals surface area contributed by atoms with E-state index in [1.165, 1.54) is 0 Å². The Morgan fingerprint density at radius 1 is 1.39 bits per heavy atom. The van der Waals surface area contributed by atoms with E-state index < -0.39 is 0 Å². The van der Waals surface area contributed by atoms with Crippen molar-refractivity contribution in [3.05, 3.63) is 29.0 Å². The van der Waals surface area contributed by atoms with Gasteiger partial charge in [0, 0.05) is 39.3 Å². The lowest BCUT2D eigenvalue weighted by atomic mass is 10.4. The minimum absolute atomic E-state index is 0. The fourth-order valence-corrected chi connectivity index (χ4v) is 2.57. The summed E-state index contributed by atoms with van der Waals surface area (Å²) < 4.78 is 1.85. The quantitative estimate of drug-likeness (QED) is 0.400. The maximum Gasteiger partial charge on any atom is 0.191 e. The molecule has 0 aliphatic rings. The number of nitrogens with zero attached hydrogens (tertiary/aromatic N) is 5. The van der Waals surface area contributed by atoms with Crippen molar-refractivity contribution in [2.75, 3.05) is 25.5 Å². The Morgan fingerprint density at radius 3 is 2.74 bits per heavy atom. The van der Waals surface area contributed by atoms with Crippen LogP contribution < -0.4 is 15.5 Å². The van der Waals surface area contributed by atoms with E-state index in [4.69, 9.17) is 0 Å². The minimum Gasteiger partial charge on any atom is -0.357 e. The highest BCUT2D eigenvalue weighted by molar-refractivity contribution is 14.0. The molecule has 0 amide bonds. The van der Waals surface area contributed by atoms with Gasteiger partial charge in [0.15, 0.2) is 11.1 Å². The maximum absolute atomic E-state index is 4.58. The number of rotatable bonds is 6. The maximum atomic E-state index is 4.58. The zero-order valence-corrected chi connectivity index (χ0v) is 17.1. The highest BCUT2D eigenvalue weighted by Gasteiger charge is 2.05.